The molecule has 0 saturated heterocycles. The number of anilines is 1. The number of hydrogen-bond donors (Lipinski definition) is 0. The Labute approximate surface area is 163 Å². The highest BCUT2D eigenvalue weighted by molar-refractivity contribution is 5.81. The maximum absolute atomic E-state index is 13.4. The van der Waals surface area contributed by atoms with Gasteiger partial charge in [0.1, 0.15) is 24.5 Å². The van der Waals surface area contributed by atoms with Gasteiger partial charge in [-0.2, -0.15) is 0 Å². The lowest BCUT2D eigenvalue weighted by Crippen LogP contribution is -2.42. The Hall–Kier alpha value is -3.36. The molecule has 2 aromatic heterocycles. The number of carbonyl (C=O) groups excluding carboxylic acids is 1. The lowest BCUT2D eigenvalue weighted by molar-refractivity contribution is -0.136. The van der Waals surface area contributed by atoms with Gasteiger partial charge in [0.25, 0.3) is 0 Å². The van der Waals surface area contributed by atoms with E-state index in [9.17, 15) is 4.79 Å². The number of benzene rings is 1. The zero-order valence-corrected chi connectivity index (χ0v) is 15.9. The molecule has 1 unspecified atom stereocenters. The topological polar surface area (TPSA) is 92.9 Å². The first-order chi connectivity index (χ1) is 13.6. The summed E-state index contributed by atoms with van der Waals surface area (Å²) in [4.78, 5) is 26.0. The number of rotatable bonds is 5. The second-order valence-corrected chi connectivity index (χ2v) is 7.02. The zero-order chi connectivity index (χ0) is 19.5. The minimum absolute atomic E-state index is 0.00758. The number of tetrazole rings is 1. The molecule has 0 aliphatic carbocycles. The number of nitrogens with zero attached hydrogens (tertiary/aromatic N) is 8. The van der Waals surface area contributed by atoms with Gasteiger partial charge >= 0.3 is 0 Å². The van der Waals surface area contributed by atoms with Crippen LogP contribution in [0.15, 0.2) is 43.0 Å². The summed E-state index contributed by atoms with van der Waals surface area (Å²) >= 11 is 0. The van der Waals surface area contributed by atoms with E-state index in [-0.39, 0.29) is 5.91 Å². The molecular formula is C19H22N8O. The predicted molar refractivity (Wildman–Crippen MR) is 102 cm³/mol. The second kappa shape index (κ2) is 7.71. The molecular weight excluding hydrogens is 356 g/mol. The molecule has 0 bridgehead atoms. The molecule has 1 aliphatic rings. The van der Waals surface area contributed by atoms with Crippen LogP contribution in [0.3, 0.4) is 0 Å². The minimum Gasteiger partial charge on any atom is -0.362 e. The molecule has 144 valence electrons. The van der Waals surface area contributed by atoms with E-state index in [1.165, 1.54) is 11.0 Å². The Kier molecular flexibility index (Phi) is 4.96. The molecule has 3 aromatic rings. The number of fused-ring (bicyclic) bond motifs is 1. The van der Waals surface area contributed by atoms with Gasteiger partial charge < -0.3 is 9.80 Å². The second-order valence-electron chi connectivity index (χ2n) is 7.02. The lowest BCUT2D eigenvalue weighted by atomic mass is 10.0. The SMILES string of the molecule is CN(C)c1ncnc2c1CCN(C(=O)C(Cc1ccccc1)n1cnnn1)C2. The molecule has 1 aromatic carbocycles. The average molecular weight is 378 g/mol. The van der Waals surface area contributed by atoms with Crippen molar-refractivity contribution in [3.63, 3.8) is 0 Å². The molecule has 0 saturated carbocycles. The molecule has 4 rings (SSSR count). The minimum atomic E-state index is -0.492. The lowest BCUT2D eigenvalue weighted by Gasteiger charge is -2.32. The van der Waals surface area contributed by atoms with Gasteiger partial charge in [0.05, 0.1) is 12.2 Å². The first-order valence-corrected chi connectivity index (χ1v) is 9.18. The maximum Gasteiger partial charge on any atom is 0.248 e. The van der Waals surface area contributed by atoms with Gasteiger partial charge in [-0.25, -0.2) is 14.6 Å². The van der Waals surface area contributed by atoms with Crippen LogP contribution < -0.4 is 4.90 Å². The van der Waals surface area contributed by atoms with Crippen molar-refractivity contribution in [2.24, 2.45) is 0 Å². The van der Waals surface area contributed by atoms with Crippen LogP contribution >= 0.6 is 0 Å². The molecule has 9 heteroatoms. The summed E-state index contributed by atoms with van der Waals surface area (Å²) in [7, 11) is 3.93. The Balaban J connectivity index is 1.59. The number of hydrogen-bond acceptors (Lipinski definition) is 7. The molecule has 3 heterocycles. The molecule has 28 heavy (non-hydrogen) atoms. The molecule has 0 fully saturated rings. The molecule has 1 atom stereocenters. The third-order valence-electron chi connectivity index (χ3n) is 4.96. The van der Waals surface area contributed by atoms with Crippen molar-refractivity contribution in [3.8, 4) is 0 Å². The molecule has 0 spiro atoms. The third kappa shape index (κ3) is 3.55. The van der Waals surface area contributed by atoms with E-state index in [0.29, 0.717) is 19.5 Å². The van der Waals surface area contributed by atoms with Crippen LogP contribution in [-0.4, -0.2) is 61.6 Å². The molecule has 9 nitrogen and oxygen atoms in total. The van der Waals surface area contributed by atoms with Crippen molar-refractivity contribution in [3.05, 3.63) is 59.8 Å². The van der Waals surface area contributed by atoms with E-state index < -0.39 is 6.04 Å². The Morgan fingerprint density at radius 2 is 2.04 bits per heavy atom. The summed E-state index contributed by atoms with van der Waals surface area (Å²) in [5.74, 6) is 0.908. The van der Waals surface area contributed by atoms with Crippen molar-refractivity contribution in [1.29, 1.82) is 0 Å². The Morgan fingerprint density at radius 3 is 2.75 bits per heavy atom. The Morgan fingerprint density at radius 1 is 1.21 bits per heavy atom. The van der Waals surface area contributed by atoms with Crippen molar-refractivity contribution in [2.75, 3.05) is 25.5 Å². The highest BCUT2D eigenvalue weighted by Gasteiger charge is 2.31. The van der Waals surface area contributed by atoms with Crippen LogP contribution in [0.25, 0.3) is 0 Å². The van der Waals surface area contributed by atoms with Crippen LogP contribution in [-0.2, 0) is 24.2 Å². The van der Waals surface area contributed by atoms with Crippen LogP contribution in [0.5, 0.6) is 0 Å². The molecule has 0 radical (unpaired) electrons. The largest absolute Gasteiger partial charge is 0.362 e. The summed E-state index contributed by atoms with van der Waals surface area (Å²) in [5, 5.41) is 11.4. The van der Waals surface area contributed by atoms with Crippen LogP contribution in [0.1, 0.15) is 22.9 Å². The first-order valence-electron chi connectivity index (χ1n) is 9.18. The standard InChI is InChI=1S/C19H22N8O/c1-25(2)18-15-8-9-26(11-16(15)20-12-21-18)19(28)17(27-13-22-23-24-27)10-14-6-4-3-5-7-14/h3-7,12-13,17H,8-11H2,1-2H3. The van der Waals surface area contributed by atoms with Gasteiger partial charge in [0.15, 0.2) is 0 Å². The normalized spacial score (nSPS) is 14.4. The van der Waals surface area contributed by atoms with Crippen LogP contribution in [0.2, 0.25) is 0 Å². The van der Waals surface area contributed by atoms with Gasteiger partial charge in [-0.15, -0.1) is 5.10 Å². The highest BCUT2D eigenvalue weighted by Crippen LogP contribution is 2.26. The van der Waals surface area contributed by atoms with Gasteiger partial charge in [-0.3, -0.25) is 4.79 Å². The number of aromatic nitrogens is 6. The molecule has 1 aliphatic heterocycles. The average Bonchev–Trinajstić information content (AvgIpc) is 3.26. The first kappa shape index (κ1) is 18.0. The van der Waals surface area contributed by atoms with E-state index in [1.807, 2.05) is 54.2 Å². The van der Waals surface area contributed by atoms with E-state index in [0.717, 1.165) is 29.1 Å². The van der Waals surface area contributed by atoms with Crippen molar-refractivity contribution >= 4 is 11.7 Å². The third-order valence-corrected chi connectivity index (χ3v) is 4.96. The summed E-state index contributed by atoms with van der Waals surface area (Å²) in [6.45, 7) is 1.08. The summed E-state index contributed by atoms with van der Waals surface area (Å²) in [6.07, 6.45) is 4.31. The fourth-order valence-electron chi connectivity index (χ4n) is 3.56. The summed E-state index contributed by atoms with van der Waals surface area (Å²) < 4.78 is 1.54. The van der Waals surface area contributed by atoms with E-state index in [2.05, 4.69) is 25.5 Å². The van der Waals surface area contributed by atoms with E-state index in [1.54, 1.807) is 6.33 Å². The van der Waals surface area contributed by atoms with Crippen LogP contribution in [0, 0.1) is 0 Å². The predicted octanol–water partition coefficient (Wildman–Crippen LogP) is 0.898. The van der Waals surface area contributed by atoms with Gasteiger partial charge in [-0.1, -0.05) is 30.3 Å². The van der Waals surface area contributed by atoms with Crippen molar-refractivity contribution in [1.82, 2.24) is 35.1 Å². The number of amides is 1. The van der Waals surface area contributed by atoms with E-state index >= 15 is 0 Å². The van der Waals surface area contributed by atoms with Gasteiger partial charge in [-0.05, 0) is 22.4 Å². The number of carbonyl (C=O) groups is 1. The van der Waals surface area contributed by atoms with Gasteiger partial charge in [0, 0.05) is 32.6 Å². The van der Waals surface area contributed by atoms with Gasteiger partial charge in [0.2, 0.25) is 5.91 Å². The van der Waals surface area contributed by atoms with Crippen LogP contribution in [0.4, 0.5) is 5.82 Å². The highest BCUT2D eigenvalue weighted by atomic mass is 16.2. The molecule has 1 amide bonds. The van der Waals surface area contributed by atoms with Crippen molar-refractivity contribution < 1.29 is 4.79 Å². The monoisotopic (exact) mass is 378 g/mol. The smallest absolute Gasteiger partial charge is 0.248 e. The Bertz CT molecular complexity index is 942. The maximum atomic E-state index is 13.4. The zero-order valence-electron chi connectivity index (χ0n) is 15.9. The van der Waals surface area contributed by atoms with Crippen molar-refractivity contribution in [2.45, 2.75) is 25.4 Å². The summed E-state index contributed by atoms with van der Waals surface area (Å²) in [5.41, 5.74) is 3.07. The fraction of sp³-hybridized carbons (Fsp3) is 0.368. The van der Waals surface area contributed by atoms with E-state index in [4.69, 9.17) is 0 Å². The molecule has 0 N–H and O–H groups in total. The quantitative estimate of drug-likeness (QED) is 0.651. The summed E-state index contributed by atoms with van der Waals surface area (Å²) in [6, 6.07) is 9.41. The fourth-order valence-corrected chi connectivity index (χ4v) is 3.56.